The van der Waals surface area contributed by atoms with Crippen LogP contribution in [0.3, 0.4) is 0 Å². The lowest BCUT2D eigenvalue weighted by atomic mass is 9.86. The molecule has 12 heteroatoms. The SMILES string of the molecule is CCc1ccc(S(=O)(=O)N[C@@H]2c3cc(-c4nc(CCCC(F)(F)F)no4)ccc3OC(C)(C)[C@H]2O)cc1. The number of aliphatic hydroxyl groups is 1. The Bertz CT molecular complexity index is 1350. The molecule has 4 rings (SSSR count). The summed E-state index contributed by atoms with van der Waals surface area (Å²) in [5, 5.41) is 14.8. The molecule has 37 heavy (non-hydrogen) atoms. The van der Waals surface area contributed by atoms with Gasteiger partial charge in [0.05, 0.1) is 10.9 Å². The minimum Gasteiger partial charge on any atom is -0.485 e. The Morgan fingerprint density at radius 1 is 1.14 bits per heavy atom. The number of hydrogen-bond acceptors (Lipinski definition) is 7. The molecule has 0 saturated carbocycles. The van der Waals surface area contributed by atoms with Gasteiger partial charge in [0.1, 0.15) is 17.5 Å². The zero-order valence-electron chi connectivity index (χ0n) is 20.5. The number of rotatable bonds is 8. The van der Waals surface area contributed by atoms with Gasteiger partial charge in [-0.2, -0.15) is 18.2 Å². The fraction of sp³-hybridized carbons (Fsp3) is 0.440. The van der Waals surface area contributed by atoms with Crippen LogP contribution < -0.4 is 9.46 Å². The summed E-state index contributed by atoms with van der Waals surface area (Å²) in [6.45, 7) is 5.26. The maximum atomic E-state index is 13.2. The van der Waals surface area contributed by atoms with Crippen LogP contribution in [0.2, 0.25) is 0 Å². The predicted molar refractivity (Wildman–Crippen MR) is 128 cm³/mol. The minimum absolute atomic E-state index is 0.0107. The average molecular weight is 540 g/mol. The molecule has 0 bridgehead atoms. The molecule has 0 saturated heterocycles. The van der Waals surface area contributed by atoms with Crippen LogP contribution in [0.1, 0.15) is 56.6 Å². The fourth-order valence-corrected chi connectivity index (χ4v) is 5.34. The third kappa shape index (κ3) is 6.13. The van der Waals surface area contributed by atoms with Gasteiger partial charge >= 0.3 is 6.18 Å². The van der Waals surface area contributed by atoms with E-state index in [0.29, 0.717) is 16.9 Å². The second-order valence-electron chi connectivity index (χ2n) is 9.48. The number of alkyl halides is 3. The van der Waals surface area contributed by atoms with E-state index in [1.54, 1.807) is 44.2 Å². The van der Waals surface area contributed by atoms with Crippen LogP contribution in [-0.4, -0.2) is 41.5 Å². The largest absolute Gasteiger partial charge is 0.485 e. The van der Waals surface area contributed by atoms with E-state index in [1.165, 1.54) is 12.1 Å². The third-order valence-electron chi connectivity index (χ3n) is 6.25. The molecular formula is C25H28F3N3O5S. The van der Waals surface area contributed by atoms with Crippen LogP contribution in [0.25, 0.3) is 11.5 Å². The van der Waals surface area contributed by atoms with Crippen molar-refractivity contribution in [3.05, 3.63) is 59.4 Å². The van der Waals surface area contributed by atoms with Gasteiger partial charge in [-0.05, 0) is 62.6 Å². The highest BCUT2D eigenvalue weighted by Crippen LogP contribution is 2.42. The van der Waals surface area contributed by atoms with Crippen molar-refractivity contribution < 1.29 is 36.0 Å². The number of fused-ring (bicyclic) bond motifs is 1. The van der Waals surface area contributed by atoms with Crippen molar-refractivity contribution in [2.45, 2.75) is 75.3 Å². The van der Waals surface area contributed by atoms with Gasteiger partial charge in [-0.15, -0.1) is 0 Å². The number of aryl methyl sites for hydroxylation is 2. The molecule has 3 aromatic rings. The summed E-state index contributed by atoms with van der Waals surface area (Å²) in [6.07, 6.45) is -5.89. The Hall–Kier alpha value is -2.96. The van der Waals surface area contributed by atoms with Crippen molar-refractivity contribution >= 4 is 10.0 Å². The van der Waals surface area contributed by atoms with Crippen LogP contribution in [0.4, 0.5) is 13.2 Å². The number of halogens is 3. The molecule has 0 spiro atoms. The summed E-state index contributed by atoms with van der Waals surface area (Å²) in [4.78, 5) is 4.23. The number of nitrogens with zero attached hydrogens (tertiary/aromatic N) is 2. The molecule has 0 fully saturated rings. The number of aliphatic hydroxyl groups excluding tert-OH is 1. The van der Waals surface area contributed by atoms with Crippen LogP contribution in [0.5, 0.6) is 5.75 Å². The van der Waals surface area contributed by atoms with E-state index >= 15 is 0 Å². The first-order chi connectivity index (χ1) is 17.3. The van der Waals surface area contributed by atoms with Gasteiger partial charge < -0.3 is 14.4 Å². The molecule has 1 aliphatic heterocycles. The first-order valence-electron chi connectivity index (χ1n) is 11.8. The van der Waals surface area contributed by atoms with Crippen LogP contribution in [0, 0.1) is 0 Å². The first-order valence-corrected chi connectivity index (χ1v) is 13.3. The quantitative estimate of drug-likeness (QED) is 0.425. The lowest BCUT2D eigenvalue weighted by molar-refractivity contribution is -0.135. The van der Waals surface area contributed by atoms with Gasteiger partial charge in [0.25, 0.3) is 5.89 Å². The van der Waals surface area contributed by atoms with Crippen molar-refractivity contribution in [2.24, 2.45) is 0 Å². The number of ether oxygens (including phenoxy) is 1. The second kappa shape index (κ2) is 10.1. The molecule has 1 aromatic heterocycles. The van der Waals surface area contributed by atoms with E-state index in [-0.39, 0.29) is 29.5 Å². The Morgan fingerprint density at radius 3 is 2.49 bits per heavy atom. The molecule has 2 heterocycles. The Morgan fingerprint density at radius 2 is 1.84 bits per heavy atom. The summed E-state index contributed by atoms with van der Waals surface area (Å²) in [5.41, 5.74) is 0.637. The molecule has 2 aromatic carbocycles. The Labute approximate surface area is 212 Å². The standard InChI is InChI=1S/C25H28F3N3O5S/c1-4-15-7-10-17(11-8-15)37(33,34)31-21-18-14-16(9-12-19(18)35-24(2,3)22(21)32)23-29-20(30-36-23)6-5-13-25(26,27)28/h7-12,14,21-22,31-32H,4-6,13H2,1-3H3/t21-,22+/m1/s1. The number of benzene rings is 2. The number of aromatic nitrogens is 2. The van der Waals surface area contributed by atoms with E-state index in [2.05, 4.69) is 14.9 Å². The van der Waals surface area contributed by atoms with E-state index in [4.69, 9.17) is 9.26 Å². The van der Waals surface area contributed by atoms with Crippen molar-refractivity contribution in [3.8, 4) is 17.2 Å². The molecule has 2 N–H and O–H groups in total. The van der Waals surface area contributed by atoms with Gasteiger partial charge in [0, 0.05) is 24.0 Å². The fourth-order valence-electron chi connectivity index (χ4n) is 4.12. The molecule has 0 aliphatic carbocycles. The summed E-state index contributed by atoms with van der Waals surface area (Å²) >= 11 is 0. The molecule has 0 radical (unpaired) electrons. The lowest BCUT2D eigenvalue weighted by Crippen LogP contribution is -2.53. The van der Waals surface area contributed by atoms with Crippen LogP contribution in [-0.2, 0) is 22.9 Å². The Balaban J connectivity index is 1.63. The molecular weight excluding hydrogens is 511 g/mol. The third-order valence-corrected chi connectivity index (χ3v) is 7.70. The van der Waals surface area contributed by atoms with Gasteiger partial charge in [0.2, 0.25) is 10.0 Å². The normalized spacial score (nSPS) is 19.3. The summed E-state index contributed by atoms with van der Waals surface area (Å²) < 4.78 is 77.5. The smallest absolute Gasteiger partial charge is 0.389 e. The summed E-state index contributed by atoms with van der Waals surface area (Å²) in [6, 6.07) is 10.2. The monoisotopic (exact) mass is 539 g/mol. The van der Waals surface area contributed by atoms with Gasteiger partial charge in [-0.1, -0.05) is 24.2 Å². The lowest BCUT2D eigenvalue weighted by Gasteiger charge is -2.42. The van der Waals surface area contributed by atoms with Crippen LogP contribution in [0.15, 0.2) is 51.9 Å². The van der Waals surface area contributed by atoms with E-state index < -0.39 is 40.4 Å². The van der Waals surface area contributed by atoms with Crippen molar-refractivity contribution in [2.75, 3.05) is 0 Å². The van der Waals surface area contributed by atoms with Crippen molar-refractivity contribution in [3.63, 3.8) is 0 Å². The molecule has 0 amide bonds. The zero-order chi connectivity index (χ0) is 27.0. The highest BCUT2D eigenvalue weighted by Gasteiger charge is 2.45. The van der Waals surface area contributed by atoms with Crippen LogP contribution >= 0.6 is 0 Å². The summed E-state index contributed by atoms with van der Waals surface area (Å²) in [5.74, 6) is 0.543. The van der Waals surface area contributed by atoms with Crippen molar-refractivity contribution in [1.29, 1.82) is 0 Å². The number of sulfonamides is 1. The topological polar surface area (TPSA) is 115 Å². The van der Waals surface area contributed by atoms with E-state index in [1.807, 2.05) is 6.92 Å². The molecule has 2 atom stereocenters. The van der Waals surface area contributed by atoms with E-state index in [0.717, 1.165) is 12.0 Å². The minimum atomic E-state index is -4.26. The van der Waals surface area contributed by atoms with Crippen molar-refractivity contribution in [1.82, 2.24) is 14.9 Å². The molecule has 200 valence electrons. The summed E-state index contributed by atoms with van der Waals surface area (Å²) in [7, 11) is -4.02. The zero-order valence-corrected chi connectivity index (χ0v) is 21.4. The average Bonchev–Trinajstić information content (AvgIpc) is 3.30. The van der Waals surface area contributed by atoms with Gasteiger partial charge in [0.15, 0.2) is 5.82 Å². The number of nitrogens with one attached hydrogen (secondary N) is 1. The molecule has 0 unspecified atom stereocenters. The highest BCUT2D eigenvalue weighted by molar-refractivity contribution is 7.89. The number of hydrogen-bond donors (Lipinski definition) is 2. The Kier molecular flexibility index (Phi) is 7.37. The predicted octanol–water partition coefficient (Wildman–Crippen LogP) is 4.74. The van der Waals surface area contributed by atoms with Gasteiger partial charge in [-0.3, -0.25) is 0 Å². The maximum absolute atomic E-state index is 13.2. The molecule has 1 aliphatic rings. The first kappa shape index (κ1) is 27.1. The van der Waals surface area contributed by atoms with E-state index in [9.17, 15) is 26.7 Å². The van der Waals surface area contributed by atoms with Gasteiger partial charge in [-0.25, -0.2) is 13.1 Å². The highest BCUT2D eigenvalue weighted by atomic mass is 32.2. The maximum Gasteiger partial charge on any atom is 0.389 e. The molecule has 8 nitrogen and oxygen atoms in total. The second-order valence-corrected chi connectivity index (χ2v) is 11.2.